The molecular formula is C15H25N3OS. The minimum Gasteiger partial charge on any atom is -0.379 e. The van der Waals surface area contributed by atoms with Crippen LogP contribution in [0.3, 0.4) is 0 Å². The fourth-order valence-electron chi connectivity index (χ4n) is 3.40. The molecule has 0 spiro atoms. The summed E-state index contributed by atoms with van der Waals surface area (Å²) in [4.78, 5) is 5.88. The molecule has 5 heteroatoms. The largest absolute Gasteiger partial charge is 0.379 e. The van der Waals surface area contributed by atoms with Gasteiger partial charge in [0.05, 0.1) is 13.2 Å². The number of nitrogens with one attached hydrogen (secondary N) is 2. The molecule has 0 radical (unpaired) electrons. The van der Waals surface area contributed by atoms with Gasteiger partial charge in [-0.2, -0.15) is 0 Å². The van der Waals surface area contributed by atoms with Gasteiger partial charge in [-0.05, 0) is 25.2 Å². The lowest BCUT2D eigenvalue weighted by Gasteiger charge is -2.32. The molecule has 2 aliphatic rings. The van der Waals surface area contributed by atoms with Crippen molar-refractivity contribution in [3.8, 4) is 0 Å². The standard InChI is InChI=1S/C15H25N3OS/c1-2-11-8-18-15(20-11)9-17-13-5-3-4-12(13)14-10-19-7-6-16-14/h8,12-14,16-17H,2-7,9-10H2,1H3. The summed E-state index contributed by atoms with van der Waals surface area (Å²) in [7, 11) is 0. The Morgan fingerprint density at radius 1 is 1.50 bits per heavy atom. The molecule has 20 heavy (non-hydrogen) atoms. The molecular weight excluding hydrogens is 270 g/mol. The molecule has 2 heterocycles. The molecule has 0 bridgehead atoms. The maximum absolute atomic E-state index is 5.62. The van der Waals surface area contributed by atoms with Gasteiger partial charge >= 0.3 is 0 Å². The summed E-state index contributed by atoms with van der Waals surface area (Å²) in [6.45, 7) is 5.84. The van der Waals surface area contributed by atoms with E-state index in [1.54, 1.807) is 0 Å². The highest BCUT2D eigenvalue weighted by Gasteiger charge is 2.34. The van der Waals surface area contributed by atoms with Crippen LogP contribution < -0.4 is 10.6 Å². The maximum Gasteiger partial charge on any atom is 0.107 e. The number of hydrogen-bond donors (Lipinski definition) is 2. The van der Waals surface area contributed by atoms with Crippen LogP contribution in [0, 0.1) is 5.92 Å². The summed E-state index contributed by atoms with van der Waals surface area (Å²) in [5, 5.41) is 8.58. The van der Waals surface area contributed by atoms with Crippen molar-refractivity contribution in [1.82, 2.24) is 15.6 Å². The summed E-state index contributed by atoms with van der Waals surface area (Å²) in [6.07, 6.45) is 7.04. The minimum absolute atomic E-state index is 0.534. The second-order valence-electron chi connectivity index (χ2n) is 5.79. The molecule has 1 aromatic heterocycles. The van der Waals surface area contributed by atoms with Gasteiger partial charge in [0.2, 0.25) is 0 Å². The number of nitrogens with zero attached hydrogens (tertiary/aromatic N) is 1. The van der Waals surface area contributed by atoms with Crippen LogP contribution >= 0.6 is 11.3 Å². The fourth-order valence-corrected chi connectivity index (χ4v) is 4.21. The average Bonchev–Trinajstić information content (AvgIpc) is 3.15. The minimum atomic E-state index is 0.534. The van der Waals surface area contributed by atoms with E-state index in [1.807, 2.05) is 17.5 Å². The van der Waals surface area contributed by atoms with E-state index in [1.165, 1.54) is 29.1 Å². The lowest BCUT2D eigenvalue weighted by Crippen LogP contribution is -2.50. The first kappa shape index (κ1) is 14.4. The van der Waals surface area contributed by atoms with Crippen molar-refractivity contribution in [2.45, 2.75) is 51.2 Å². The van der Waals surface area contributed by atoms with Crippen molar-refractivity contribution < 1.29 is 4.74 Å². The summed E-state index contributed by atoms with van der Waals surface area (Å²) < 4.78 is 5.62. The Morgan fingerprint density at radius 3 is 3.20 bits per heavy atom. The Kier molecular flexibility index (Phi) is 5.04. The lowest BCUT2D eigenvalue weighted by molar-refractivity contribution is 0.0524. The molecule has 3 unspecified atom stereocenters. The predicted molar refractivity (Wildman–Crippen MR) is 82.1 cm³/mol. The molecule has 2 N–H and O–H groups in total. The highest BCUT2D eigenvalue weighted by Crippen LogP contribution is 2.29. The van der Waals surface area contributed by atoms with Crippen LogP contribution in [0.4, 0.5) is 0 Å². The Balaban J connectivity index is 1.52. The highest BCUT2D eigenvalue weighted by atomic mass is 32.1. The maximum atomic E-state index is 5.62. The third-order valence-corrected chi connectivity index (χ3v) is 5.64. The van der Waals surface area contributed by atoms with Crippen molar-refractivity contribution in [2.24, 2.45) is 5.92 Å². The quantitative estimate of drug-likeness (QED) is 0.871. The first-order valence-electron chi connectivity index (χ1n) is 7.85. The average molecular weight is 295 g/mol. The molecule has 3 atom stereocenters. The van der Waals surface area contributed by atoms with E-state index in [0.29, 0.717) is 18.0 Å². The van der Waals surface area contributed by atoms with Gasteiger partial charge in [-0.3, -0.25) is 0 Å². The summed E-state index contributed by atoms with van der Waals surface area (Å²) in [6, 6.07) is 1.15. The van der Waals surface area contributed by atoms with Gasteiger partial charge in [-0.1, -0.05) is 13.3 Å². The van der Waals surface area contributed by atoms with E-state index in [2.05, 4.69) is 22.5 Å². The van der Waals surface area contributed by atoms with Crippen LogP contribution in [0.1, 0.15) is 36.1 Å². The number of aryl methyl sites for hydroxylation is 1. The molecule has 0 aromatic carbocycles. The molecule has 1 saturated heterocycles. The Morgan fingerprint density at radius 2 is 2.45 bits per heavy atom. The van der Waals surface area contributed by atoms with Gasteiger partial charge in [-0.25, -0.2) is 4.98 Å². The van der Waals surface area contributed by atoms with Crippen LogP contribution in [0.25, 0.3) is 0 Å². The van der Waals surface area contributed by atoms with E-state index in [0.717, 1.165) is 32.7 Å². The Labute approximate surface area is 125 Å². The SMILES string of the molecule is CCc1cnc(CNC2CCCC2C2COCCN2)s1. The second-order valence-corrected chi connectivity index (χ2v) is 6.99. The van der Waals surface area contributed by atoms with E-state index in [9.17, 15) is 0 Å². The first-order chi connectivity index (χ1) is 9.86. The van der Waals surface area contributed by atoms with E-state index in [-0.39, 0.29) is 0 Å². The lowest BCUT2D eigenvalue weighted by atomic mass is 9.94. The number of hydrogen-bond acceptors (Lipinski definition) is 5. The summed E-state index contributed by atoms with van der Waals surface area (Å²) >= 11 is 1.84. The van der Waals surface area contributed by atoms with Gasteiger partial charge < -0.3 is 15.4 Å². The van der Waals surface area contributed by atoms with Crippen molar-refractivity contribution in [3.63, 3.8) is 0 Å². The van der Waals surface area contributed by atoms with Crippen molar-refractivity contribution >= 4 is 11.3 Å². The van der Waals surface area contributed by atoms with E-state index in [4.69, 9.17) is 4.74 Å². The number of thiazole rings is 1. The topological polar surface area (TPSA) is 46.2 Å². The second kappa shape index (κ2) is 6.98. The van der Waals surface area contributed by atoms with Crippen molar-refractivity contribution in [1.29, 1.82) is 0 Å². The van der Waals surface area contributed by atoms with Gasteiger partial charge in [-0.15, -0.1) is 11.3 Å². The Hall–Kier alpha value is -0.490. The van der Waals surface area contributed by atoms with Gasteiger partial charge in [0, 0.05) is 36.2 Å². The monoisotopic (exact) mass is 295 g/mol. The molecule has 1 aliphatic carbocycles. The van der Waals surface area contributed by atoms with Crippen LogP contribution in [0.2, 0.25) is 0 Å². The normalized spacial score (nSPS) is 30.8. The van der Waals surface area contributed by atoms with Gasteiger partial charge in [0.15, 0.2) is 0 Å². The zero-order valence-electron chi connectivity index (χ0n) is 12.2. The summed E-state index contributed by atoms with van der Waals surface area (Å²) in [5.41, 5.74) is 0. The van der Waals surface area contributed by atoms with Crippen LogP contribution in [-0.4, -0.2) is 36.8 Å². The number of aromatic nitrogens is 1. The zero-order chi connectivity index (χ0) is 13.8. The molecule has 4 nitrogen and oxygen atoms in total. The van der Waals surface area contributed by atoms with Crippen molar-refractivity contribution in [2.75, 3.05) is 19.8 Å². The van der Waals surface area contributed by atoms with Gasteiger partial charge in [0.1, 0.15) is 5.01 Å². The first-order valence-corrected chi connectivity index (χ1v) is 8.66. The third-order valence-electron chi connectivity index (χ3n) is 4.50. The number of morpholine rings is 1. The smallest absolute Gasteiger partial charge is 0.107 e. The molecule has 112 valence electrons. The molecule has 1 aliphatic heterocycles. The van der Waals surface area contributed by atoms with E-state index < -0.39 is 0 Å². The molecule has 3 rings (SSSR count). The number of ether oxygens (including phenoxy) is 1. The molecule has 2 fully saturated rings. The highest BCUT2D eigenvalue weighted by molar-refractivity contribution is 7.11. The van der Waals surface area contributed by atoms with Crippen LogP contribution in [-0.2, 0) is 17.7 Å². The van der Waals surface area contributed by atoms with Crippen LogP contribution in [0.15, 0.2) is 6.20 Å². The predicted octanol–water partition coefficient (Wildman–Crippen LogP) is 1.95. The third kappa shape index (κ3) is 3.39. The van der Waals surface area contributed by atoms with Gasteiger partial charge in [0.25, 0.3) is 0 Å². The van der Waals surface area contributed by atoms with Crippen LogP contribution in [0.5, 0.6) is 0 Å². The molecule has 1 saturated carbocycles. The van der Waals surface area contributed by atoms with E-state index >= 15 is 0 Å². The molecule has 1 aromatic rings. The number of rotatable bonds is 5. The Bertz CT molecular complexity index is 417. The summed E-state index contributed by atoms with van der Waals surface area (Å²) in [5.74, 6) is 0.709. The van der Waals surface area contributed by atoms with Crippen molar-refractivity contribution in [3.05, 3.63) is 16.1 Å². The fraction of sp³-hybridized carbons (Fsp3) is 0.800. The zero-order valence-corrected chi connectivity index (χ0v) is 13.0. The molecule has 0 amide bonds.